The van der Waals surface area contributed by atoms with Crippen molar-refractivity contribution in [3.05, 3.63) is 42.0 Å². The predicted octanol–water partition coefficient (Wildman–Crippen LogP) is 3.13. The molecule has 1 aliphatic heterocycles. The lowest BCUT2D eigenvalue weighted by molar-refractivity contribution is -0.131. The van der Waals surface area contributed by atoms with Crippen LogP contribution in [0.3, 0.4) is 0 Å². The number of nitrogens with zero attached hydrogens (tertiary/aromatic N) is 3. The highest BCUT2D eigenvalue weighted by molar-refractivity contribution is 7.91. The first-order valence-electron chi connectivity index (χ1n) is 10.7. The summed E-state index contributed by atoms with van der Waals surface area (Å²) in [6.07, 6.45) is -0.0221. The molecule has 8 nitrogen and oxygen atoms in total. The fraction of sp³-hybridized carbons (Fsp3) is 0.391. The van der Waals surface area contributed by atoms with E-state index in [1.54, 1.807) is 43.4 Å². The van der Waals surface area contributed by atoms with E-state index in [1.807, 2.05) is 19.1 Å². The molecule has 0 saturated carbocycles. The lowest BCUT2D eigenvalue weighted by atomic mass is 10.2. The Morgan fingerprint density at radius 3 is 2.27 bits per heavy atom. The molecule has 1 amide bonds. The second-order valence-electron chi connectivity index (χ2n) is 7.89. The first kappa shape index (κ1) is 23.3. The molecule has 3 aromatic rings. The van der Waals surface area contributed by atoms with Gasteiger partial charge in [0.05, 0.1) is 24.9 Å². The summed E-state index contributed by atoms with van der Waals surface area (Å²) in [4.78, 5) is 21.6. The molecule has 1 saturated heterocycles. The van der Waals surface area contributed by atoms with Crippen molar-refractivity contribution in [1.29, 1.82) is 0 Å². The fourth-order valence-electron chi connectivity index (χ4n) is 3.80. The molecule has 0 spiro atoms. The van der Waals surface area contributed by atoms with E-state index in [0.29, 0.717) is 31.9 Å². The standard InChI is InChI=1S/C23H27N3O5S2/c1-16-4-6-17(7-5-16)33(28,29)15-10-20(27)25-11-13-26(14-12-25)23-24-21-18(30-2)8-9-19(31-3)22(21)32-23/h4-9H,10-15H2,1-3H3. The summed E-state index contributed by atoms with van der Waals surface area (Å²) in [7, 11) is -0.239. The van der Waals surface area contributed by atoms with Crippen molar-refractivity contribution in [3.63, 3.8) is 0 Å². The zero-order valence-electron chi connectivity index (χ0n) is 18.9. The van der Waals surface area contributed by atoms with E-state index >= 15 is 0 Å². The number of aryl methyl sites for hydroxylation is 1. The summed E-state index contributed by atoms with van der Waals surface area (Å²) in [5.41, 5.74) is 1.75. The summed E-state index contributed by atoms with van der Waals surface area (Å²) in [6, 6.07) is 10.4. The van der Waals surface area contributed by atoms with Crippen LogP contribution in [-0.2, 0) is 14.6 Å². The SMILES string of the molecule is COc1ccc(OC)c2sc(N3CCN(C(=O)CCS(=O)(=O)c4ccc(C)cc4)CC3)nc12. The van der Waals surface area contributed by atoms with Gasteiger partial charge in [0.25, 0.3) is 0 Å². The van der Waals surface area contributed by atoms with Gasteiger partial charge in [-0.25, -0.2) is 13.4 Å². The highest BCUT2D eigenvalue weighted by Crippen LogP contribution is 2.40. The molecule has 1 fully saturated rings. The van der Waals surface area contributed by atoms with Gasteiger partial charge < -0.3 is 19.3 Å². The molecule has 0 unspecified atom stereocenters. The van der Waals surface area contributed by atoms with E-state index in [2.05, 4.69) is 4.90 Å². The van der Waals surface area contributed by atoms with Crippen LogP contribution in [0.4, 0.5) is 5.13 Å². The third-order valence-electron chi connectivity index (χ3n) is 5.77. The van der Waals surface area contributed by atoms with Crippen LogP contribution >= 0.6 is 11.3 Å². The maximum absolute atomic E-state index is 12.7. The molecule has 2 aromatic carbocycles. The van der Waals surface area contributed by atoms with Crippen LogP contribution in [-0.4, -0.2) is 70.4 Å². The molecule has 10 heteroatoms. The minimum absolute atomic E-state index is 0.0221. The van der Waals surface area contributed by atoms with Crippen LogP contribution in [0.15, 0.2) is 41.3 Å². The van der Waals surface area contributed by atoms with Crippen LogP contribution in [0, 0.1) is 6.92 Å². The van der Waals surface area contributed by atoms with Crippen molar-refractivity contribution in [2.75, 3.05) is 51.1 Å². The van der Waals surface area contributed by atoms with Crippen molar-refractivity contribution in [2.45, 2.75) is 18.2 Å². The Morgan fingerprint density at radius 2 is 1.64 bits per heavy atom. The Morgan fingerprint density at radius 1 is 1.00 bits per heavy atom. The van der Waals surface area contributed by atoms with Gasteiger partial charge in [-0.2, -0.15) is 0 Å². The van der Waals surface area contributed by atoms with Crippen LogP contribution < -0.4 is 14.4 Å². The Balaban J connectivity index is 1.37. The molecule has 0 radical (unpaired) electrons. The van der Waals surface area contributed by atoms with Crippen molar-refractivity contribution >= 4 is 42.4 Å². The topological polar surface area (TPSA) is 89.0 Å². The Bertz CT molecular complexity index is 1210. The van der Waals surface area contributed by atoms with Gasteiger partial charge in [0.15, 0.2) is 15.0 Å². The minimum atomic E-state index is -3.48. The second-order valence-corrected chi connectivity index (χ2v) is 11.0. The molecule has 1 aromatic heterocycles. The molecular weight excluding hydrogens is 462 g/mol. The average Bonchev–Trinajstić information content (AvgIpc) is 3.28. The minimum Gasteiger partial charge on any atom is -0.495 e. The van der Waals surface area contributed by atoms with Gasteiger partial charge in [0.1, 0.15) is 21.7 Å². The van der Waals surface area contributed by atoms with E-state index in [0.717, 1.165) is 26.7 Å². The summed E-state index contributed by atoms with van der Waals surface area (Å²) < 4.78 is 36.9. The number of rotatable bonds is 7. The molecule has 33 heavy (non-hydrogen) atoms. The fourth-order valence-corrected chi connectivity index (χ4v) is 6.16. The largest absolute Gasteiger partial charge is 0.495 e. The summed E-state index contributed by atoms with van der Waals surface area (Å²) in [5.74, 6) is 1.11. The van der Waals surface area contributed by atoms with E-state index < -0.39 is 9.84 Å². The number of anilines is 1. The number of ether oxygens (including phenoxy) is 2. The molecule has 4 rings (SSSR count). The van der Waals surface area contributed by atoms with Gasteiger partial charge in [-0.1, -0.05) is 29.0 Å². The number of benzene rings is 2. The van der Waals surface area contributed by atoms with Gasteiger partial charge in [-0.15, -0.1) is 0 Å². The third-order valence-corrected chi connectivity index (χ3v) is 8.63. The number of carbonyl (C=O) groups excluding carboxylic acids is 1. The molecule has 2 heterocycles. The number of amides is 1. The summed E-state index contributed by atoms with van der Waals surface area (Å²) in [6.45, 7) is 4.20. The van der Waals surface area contributed by atoms with E-state index in [1.165, 1.54) is 11.3 Å². The highest BCUT2D eigenvalue weighted by atomic mass is 32.2. The Hall–Kier alpha value is -2.85. The monoisotopic (exact) mass is 489 g/mol. The first-order valence-corrected chi connectivity index (χ1v) is 13.1. The number of carbonyl (C=O) groups is 1. The summed E-state index contributed by atoms with van der Waals surface area (Å²) >= 11 is 1.53. The average molecular weight is 490 g/mol. The number of fused-ring (bicyclic) bond motifs is 1. The molecule has 0 bridgehead atoms. The van der Waals surface area contributed by atoms with Crippen LogP contribution in [0.5, 0.6) is 11.5 Å². The van der Waals surface area contributed by atoms with E-state index in [4.69, 9.17) is 14.5 Å². The van der Waals surface area contributed by atoms with E-state index in [-0.39, 0.29) is 23.0 Å². The normalized spacial score (nSPS) is 14.5. The molecule has 0 aliphatic carbocycles. The van der Waals surface area contributed by atoms with Crippen molar-refractivity contribution in [3.8, 4) is 11.5 Å². The Kier molecular flexibility index (Phi) is 6.76. The maximum Gasteiger partial charge on any atom is 0.223 e. The van der Waals surface area contributed by atoms with Crippen LogP contribution in [0.2, 0.25) is 0 Å². The maximum atomic E-state index is 12.7. The van der Waals surface area contributed by atoms with Crippen LogP contribution in [0.25, 0.3) is 10.2 Å². The Labute approximate surface area is 197 Å². The van der Waals surface area contributed by atoms with Gasteiger partial charge in [-0.05, 0) is 31.2 Å². The quantitative estimate of drug-likeness (QED) is 0.504. The zero-order chi connectivity index (χ0) is 23.6. The summed E-state index contributed by atoms with van der Waals surface area (Å²) in [5, 5.41) is 0.849. The van der Waals surface area contributed by atoms with Crippen molar-refractivity contribution in [2.24, 2.45) is 0 Å². The number of methoxy groups -OCH3 is 2. The first-order chi connectivity index (χ1) is 15.8. The van der Waals surface area contributed by atoms with E-state index in [9.17, 15) is 13.2 Å². The number of piperazine rings is 1. The second kappa shape index (κ2) is 9.56. The molecule has 1 aliphatic rings. The smallest absolute Gasteiger partial charge is 0.223 e. The van der Waals surface area contributed by atoms with Gasteiger partial charge in [-0.3, -0.25) is 4.79 Å². The van der Waals surface area contributed by atoms with Gasteiger partial charge in [0, 0.05) is 32.6 Å². The molecule has 176 valence electrons. The lowest BCUT2D eigenvalue weighted by Crippen LogP contribution is -2.49. The lowest BCUT2D eigenvalue weighted by Gasteiger charge is -2.34. The van der Waals surface area contributed by atoms with Crippen molar-refractivity contribution in [1.82, 2.24) is 9.88 Å². The van der Waals surface area contributed by atoms with Crippen LogP contribution in [0.1, 0.15) is 12.0 Å². The number of hydrogen-bond acceptors (Lipinski definition) is 8. The zero-order valence-corrected chi connectivity index (χ0v) is 20.5. The van der Waals surface area contributed by atoms with Gasteiger partial charge in [0.2, 0.25) is 5.91 Å². The number of sulfone groups is 1. The third kappa shape index (κ3) is 4.91. The van der Waals surface area contributed by atoms with Crippen molar-refractivity contribution < 1.29 is 22.7 Å². The molecule has 0 atom stereocenters. The highest BCUT2D eigenvalue weighted by Gasteiger charge is 2.26. The molecular formula is C23H27N3O5S2. The number of aromatic nitrogens is 1. The van der Waals surface area contributed by atoms with Gasteiger partial charge >= 0.3 is 0 Å². The number of hydrogen-bond donors (Lipinski definition) is 0. The predicted molar refractivity (Wildman–Crippen MR) is 129 cm³/mol. The molecule has 0 N–H and O–H groups in total. The number of thiazole rings is 1.